The number of carboxylic acids is 1. The summed E-state index contributed by atoms with van der Waals surface area (Å²) in [6.45, 7) is 2.15. The van der Waals surface area contributed by atoms with Crippen molar-refractivity contribution in [2.24, 2.45) is 0 Å². The Labute approximate surface area is 240 Å². The second-order valence-electron chi connectivity index (χ2n) is 9.67. The van der Waals surface area contributed by atoms with Gasteiger partial charge in [0, 0.05) is 23.1 Å². The van der Waals surface area contributed by atoms with E-state index in [1.165, 1.54) is 12.1 Å². The van der Waals surface area contributed by atoms with Gasteiger partial charge in [0.05, 0.1) is 27.9 Å². The van der Waals surface area contributed by atoms with Crippen molar-refractivity contribution in [3.8, 4) is 11.5 Å². The third-order valence-electron chi connectivity index (χ3n) is 6.68. The molecule has 3 aromatic carbocycles. The minimum Gasteiger partial charge on any atom is -0.489 e. The van der Waals surface area contributed by atoms with Crippen molar-refractivity contribution < 1.29 is 28.6 Å². The molecule has 0 amide bonds. The lowest BCUT2D eigenvalue weighted by Crippen LogP contribution is -2.04. The number of ketones is 1. The molecule has 0 saturated heterocycles. The number of hydrogen-bond donors (Lipinski definition) is 1. The molecular weight excluding hydrogens is 553 g/mol. The number of fused-ring (bicyclic) bond motifs is 3. The predicted molar refractivity (Wildman–Crippen MR) is 154 cm³/mol. The first-order valence-electron chi connectivity index (χ1n) is 12.9. The lowest BCUT2D eigenvalue weighted by atomic mass is 9.96. The van der Waals surface area contributed by atoms with Crippen LogP contribution in [0, 0.1) is 5.82 Å². The standard InChI is InChI=1S/C31H27ClFNO5S/c1-18(35)2-3-19-4-8-24-21(12-19)16-39-29-9-7-23(14-25(29)31(24)40-11-10-30(36)37)38-17-22-6-5-20-13-27(33)26(32)15-28(20)34-22/h4-9,12-15,31H,2-3,10-11,16-17H2,1H3,(H,36,37). The van der Waals surface area contributed by atoms with Gasteiger partial charge in [0.2, 0.25) is 0 Å². The molecule has 4 aromatic rings. The first kappa shape index (κ1) is 27.9. The van der Waals surface area contributed by atoms with Crippen molar-refractivity contribution in [2.75, 3.05) is 5.75 Å². The quantitative estimate of drug-likeness (QED) is 0.211. The van der Waals surface area contributed by atoms with Gasteiger partial charge in [-0.15, -0.1) is 11.8 Å². The van der Waals surface area contributed by atoms with Crippen LogP contribution >= 0.6 is 23.4 Å². The van der Waals surface area contributed by atoms with Crippen LogP contribution in [0.1, 0.15) is 53.0 Å². The largest absolute Gasteiger partial charge is 0.489 e. The summed E-state index contributed by atoms with van der Waals surface area (Å²) >= 11 is 7.48. The van der Waals surface area contributed by atoms with Crippen molar-refractivity contribution in [3.63, 3.8) is 0 Å². The SMILES string of the molecule is CC(=O)CCc1ccc2c(c1)COc1ccc(OCc3ccc4cc(F)c(Cl)cc4n3)cc1C2SCCC(=O)O. The number of halogens is 2. The molecule has 40 heavy (non-hydrogen) atoms. The van der Waals surface area contributed by atoms with Crippen molar-refractivity contribution in [1.82, 2.24) is 4.98 Å². The number of aryl methyl sites for hydroxylation is 1. The van der Waals surface area contributed by atoms with E-state index in [1.54, 1.807) is 30.8 Å². The van der Waals surface area contributed by atoms with Gasteiger partial charge in [-0.1, -0.05) is 35.9 Å². The van der Waals surface area contributed by atoms with E-state index < -0.39 is 11.8 Å². The summed E-state index contributed by atoms with van der Waals surface area (Å²) in [6, 6.07) is 18.2. The fourth-order valence-corrected chi connectivity index (χ4v) is 6.09. The number of nitrogens with zero attached hydrogens (tertiary/aromatic N) is 1. The van der Waals surface area contributed by atoms with Crippen molar-refractivity contribution >= 4 is 46.0 Å². The second-order valence-corrected chi connectivity index (χ2v) is 11.3. The van der Waals surface area contributed by atoms with E-state index in [0.29, 0.717) is 53.3 Å². The molecule has 0 spiro atoms. The Kier molecular flexibility index (Phi) is 8.57. The summed E-state index contributed by atoms with van der Waals surface area (Å²) in [6.07, 6.45) is 1.18. The van der Waals surface area contributed by atoms with E-state index in [0.717, 1.165) is 22.3 Å². The molecule has 0 fully saturated rings. The van der Waals surface area contributed by atoms with Gasteiger partial charge in [0.15, 0.2) is 0 Å². The Balaban J connectivity index is 1.41. The summed E-state index contributed by atoms with van der Waals surface area (Å²) in [7, 11) is 0. The van der Waals surface area contributed by atoms with Crippen LogP contribution in [0.3, 0.4) is 0 Å². The number of carboxylic acid groups (broad SMARTS) is 1. The zero-order valence-corrected chi connectivity index (χ0v) is 23.4. The van der Waals surface area contributed by atoms with Crippen LogP contribution in [-0.2, 0) is 29.2 Å². The number of carbonyl (C=O) groups excluding carboxylic acids is 1. The van der Waals surface area contributed by atoms with E-state index in [9.17, 15) is 19.1 Å². The molecule has 0 aliphatic carbocycles. The van der Waals surface area contributed by atoms with Crippen LogP contribution < -0.4 is 9.47 Å². The Morgan fingerprint density at radius 3 is 2.75 bits per heavy atom. The predicted octanol–water partition coefficient (Wildman–Crippen LogP) is 7.32. The number of ether oxygens (including phenoxy) is 2. The van der Waals surface area contributed by atoms with Crippen molar-refractivity contribution in [2.45, 2.75) is 44.6 Å². The maximum atomic E-state index is 13.8. The highest BCUT2D eigenvalue weighted by molar-refractivity contribution is 7.99. The Bertz CT molecular complexity index is 1590. The van der Waals surface area contributed by atoms with Gasteiger partial charge in [-0.25, -0.2) is 9.37 Å². The van der Waals surface area contributed by atoms with Gasteiger partial charge >= 0.3 is 5.97 Å². The number of benzene rings is 3. The molecule has 1 atom stereocenters. The number of thioether (sulfide) groups is 1. The molecule has 5 rings (SSSR count). The van der Waals surface area contributed by atoms with E-state index >= 15 is 0 Å². The second kappa shape index (κ2) is 12.3. The first-order chi connectivity index (χ1) is 19.3. The van der Waals surface area contributed by atoms with Crippen LogP contribution in [0.5, 0.6) is 11.5 Å². The molecule has 0 radical (unpaired) electrons. The summed E-state index contributed by atoms with van der Waals surface area (Å²) in [5, 5.41) is 9.74. The molecule has 0 saturated carbocycles. The third kappa shape index (κ3) is 6.57. The zero-order valence-electron chi connectivity index (χ0n) is 21.8. The molecule has 6 nitrogen and oxygen atoms in total. The molecule has 1 unspecified atom stereocenters. The molecular formula is C31H27ClFNO5S. The zero-order chi connectivity index (χ0) is 28.2. The number of aliphatic carboxylic acids is 1. The topological polar surface area (TPSA) is 85.7 Å². The maximum Gasteiger partial charge on any atom is 0.304 e. The van der Waals surface area contributed by atoms with Gasteiger partial charge in [-0.3, -0.25) is 4.79 Å². The van der Waals surface area contributed by atoms with E-state index in [4.69, 9.17) is 21.1 Å². The Morgan fingerprint density at radius 1 is 1.10 bits per heavy atom. The van der Waals surface area contributed by atoms with Crippen LogP contribution in [0.2, 0.25) is 5.02 Å². The highest BCUT2D eigenvalue weighted by Gasteiger charge is 2.26. The third-order valence-corrected chi connectivity index (χ3v) is 8.25. The number of aromatic nitrogens is 1. The lowest BCUT2D eigenvalue weighted by molar-refractivity contribution is -0.136. The average molecular weight is 580 g/mol. The van der Waals surface area contributed by atoms with Crippen LogP contribution in [0.25, 0.3) is 10.9 Å². The molecule has 1 aromatic heterocycles. The first-order valence-corrected chi connectivity index (χ1v) is 14.3. The molecule has 9 heteroatoms. The maximum absolute atomic E-state index is 13.8. The smallest absolute Gasteiger partial charge is 0.304 e. The summed E-state index contributed by atoms with van der Waals surface area (Å²) < 4.78 is 26.1. The molecule has 1 aliphatic rings. The van der Waals surface area contributed by atoms with Gasteiger partial charge in [-0.2, -0.15) is 0 Å². The highest BCUT2D eigenvalue weighted by Crippen LogP contribution is 2.46. The summed E-state index contributed by atoms with van der Waals surface area (Å²) in [5.74, 6) is 0.567. The summed E-state index contributed by atoms with van der Waals surface area (Å²) in [5.41, 5.74) is 5.28. The van der Waals surface area contributed by atoms with Gasteiger partial charge in [0.25, 0.3) is 0 Å². The van der Waals surface area contributed by atoms with E-state index in [2.05, 4.69) is 17.1 Å². The number of rotatable bonds is 10. The minimum atomic E-state index is -0.846. The number of hydrogen-bond acceptors (Lipinski definition) is 6. The Hall–Kier alpha value is -3.62. The summed E-state index contributed by atoms with van der Waals surface area (Å²) in [4.78, 5) is 27.3. The molecule has 1 N–H and O–H groups in total. The number of pyridine rings is 1. The number of Topliss-reactive ketones (excluding diaryl/α,β-unsaturated/α-hetero) is 1. The minimum absolute atomic E-state index is 0.0153. The fourth-order valence-electron chi connectivity index (χ4n) is 4.63. The Morgan fingerprint density at radius 2 is 1.95 bits per heavy atom. The van der Waals surface area contributed by atoms with Gasteiger partial charge < -0.3 is 19.4 Å². The molecule has 1 aliphatic heterocycles. The lowest BCUT2D eigenvalue weighted by Gasteiger charge is -2.20. The highest BCUT2D eigenvalue weighted by atomic mass is 35.5. The van der Waals surface area contributed by atoms with Crippen molar-refractivity contribution in [3.05, 3.63) is 99.5 Å². The average Bonchev–Trinajstić information content (AvgIpc) is 3.07. The molecule has 206 valence electrons. The fraction of sp³-hybridized carbons (Fsp3) is 0.258. The number of carbonyl (C=O) groups is 2. The van der Waals surface area contributed by atoms with Crippen LogP contribution in [0.4, 0.5) is 4.39 Å². The van der Waals surface area contributed by atoms with Crippen molar-refractivity contribution in [1.29, 1.82) is 0 Å². The monoisotopic (exact) mass is 579 g/mol. The van der Waals surface area contributed by atoms with Crippen LogP contribution in [-0.4, -0.2) is 27.6 Å². The van der Waals surface area contributed by atoms with Gasteiger partial charge in [0.1, 0.15) is 36.3 Å². The van der Waals surface area contributed by atoms with Crippen LogP contribution in [0.15, 0.2) is 60.7 Å². The van der Waals surface area contributed by atoms with E-state index in [-0.39, 0.29) is 29.1 Å². The molecule has 0 bridgehead atoms. The molecule has 2 heterocycles. The van der Waals surface area contributed by atoms with E-state index in [1.807, 2.05) is 24.3 Å². The van der Waals surface area contributed by atoms with Gasteiger partial charge in [-0.05, 0) is 66.4 Å². The normalized spacial score (nSPS) is 14.1.